The molecule has 1 aliphatic rings. The molecule has 0 spiro atoms. The molecule has 1 aromatic carbocycles. The highest BCUT2D eigenvalue weighted by molar-refractivity contribution is 5.76. The van der Waals surface area contributed by atoms with Gasteiger partial charge < -0.3 is 15.4 Å². The van der Waals surface area contributed by atoms with Gasteiger partial charge in [-0.25, -0.2) is 9.37 Å². The largest absolute Gasteiger partial charge is 0.382 e. The van der Waals surface area contributed by atoms with Gasteiger partial charge in [-0.15, -0.1) is 0 Å². The van der Waals surface area contributed by atoms with Crippen LogP contribution in [0.5, 0.6) is 0 Å². The Kier molecular flexibility index (Phi) is 5.00. The number of nitrogens with two attached hydrogens (primary N) is 1. The van der Waals surface area contributed by atoms with Crippen LogP contribution in [0.15, 0.2) is 36.7 Å². The topological polar surface area (TPSA) is 81.3 Å². The summed E-state index contributed by atoms with van der Waals surface area (Å²) in [6, 6.07) is 6.51. The number of hydrogen-bond donors (Lipinski definition) is 1. The van der Waals surface area contributed by atoms with Gasteiger partial charge >= 0.3 is 0 Å². The Bertz CT molecular complexity index is 725. The van der Waals surface area contributed by atoms with Crippen molar-refractivity contribution in [2.45, 2.75) is 18.9 Å². The predicted molar refractivity (Wildman–Crippen MR) is 86.4 cm³/mol. The summed E-state index contributed by atoms with van der Waals surface area (Å²) >= 11 is 0. The predicted octanol–water partition coefficient (Wildman–Crippen LogP) is 1.73. The quantitative estimate of drug-likeness (QED) is 0.923. The Labute approximate surface area is 139 Å². The second-order valence-electron chi connectivity index (χ2n) is 5.62. The third-order valence-corrected chi connectivity index (χ3v) is 4.05. The number of aromatic nitrogens is 2. The van der Waals surface area contributed by atoms with Crippen molar-refractivity contribution in [2.24, 2.45) is 0 Å². The molecule has 6 nitrogen and oxygen atoms in total. The fourth-order valence-corrected chi connectivity index (χ4v) is 2.75. The van der Waals surface area contributed by atoms with Crippen molar-refractivity contribution in [1.29, 1.82) is 0 Å². The Balaban J connectivity index is 1.61. The number of anilines is 1. The highest BCUT2D eigenvalue weighted by Gasteiger charge is 2.27. The molecule has 3 rings (SSSR count). The van der Waals surface area contributed by atoms with Crippen LogP contribution in [0.25, 0.3) is 0 Å². The second kappa shape index (κ2) is 7.35. The fourth-order valence-electron chi connectivity index (χ4n) is 2.75. The van der Waals surface area contributed by atoms with Crippen LogP contribution < -0.4 is 5.73 Å². The van der Waals surface area contributed by atoms with Gasteiger partial charge in [0.25, 0.3) is 0 Å². The first-order valence-electron chi connectivity index (χ1n) is 7.84. The minimum absolute atomic E-state index is 0.0333. The maximum atomic E-state index is 13.6. The van der Waals surface area contributed by atoms with Crippen LogP contribution in [0.3, 0.4) is 0 Å². The summed E-state index contributed by atoms with van der Waals surface area (Å²) in [5.74, 6) is -0.00495. The van der Waals surface area contributed by atoms with Crippen molar-refractivity contribution in [2.75, 3.05) is 25.4 Å². The first-order valence-corrected chi connectivity index (χ1v) is 7.84. The van der Waals surface area contributed by atoms with E-state index in [2.05, 4.69) is 9.97 Å². The van der Waals surface area contributed by atoms with Crippen molar-refractivity contribution < 1.29 is 13.9 Å². The SMILES string of the molecule is Nc1nccnc1[C@@H]1CN(C(=O)CCc2ccccc2F)CCO1. The molecule has 126 valence electrons. The van der Waals surface area contributed by atoms with Gasteiger partial charge in [0, 0.05) is 25.4 Å². The average molecular weight is 330 g/mol. The number of aryl methyl sites for hydroxylation is 1. The standard InChI is InChI=1S/C17H19FN4O2/c18-13-4-2-1-3-12(13)5-6-15(23)22-9-10-24-14(11-22)16-17(19)21-8-7-20-16/h1-4,7-8,14H,5-6,9-11H2,(H2,19,21)/t14-/m0/s1. The molecule has 0 aliphatic carbocycles. The lowest BCUT2D eigenvalue weighted by Gasteiger charge is -2.33. The van der Waals surface area contributed by atoms with Crippen LogP contribution in [-0.4, -0.2) is 40.5 Å². The first kappa shape index (κ1) is 16.3. The van der Waals surface area contributed by atoms with E-state index in [1.807, 2.05) is 0 Å². The smallest absolute Gasteiger partial charge is 0.223 e. The van der Waals surface area contributed by atoms with E-state index in [0.717, 1.165) is 0 Å². The van der Waals surface area contributed by atoms with E-state index in [1.165, 1.54) is 12.3 Å². The summed E-state index contributed by atoms with van der Waals surface area (Å²) in [7, 11) is 0. The summed E-state index contributed by atoms with van der Waals surface area (Å²) in [4.78, 5) is 22.3. The van der Waals surface area contributed by atoms with Gasteiger partial charge in [0.2, 0.25) is 5.91 Å². The van der Waals surface area contributed by atoms with E-state index in [-0.39, 0.29) is 24.2 Å². The Morgan fingerprint density at radius 3 is 2.92 bits per heavy atom. The lowest BCUT2D eigenvalue weighted by Crippen LogP contribution is -2.42. The second-order valence-corrected chi connectivity index (χ2v) is 5.62. The van der Waals surface area contributed by atoms with Crippen LogP contribution in [-0.2, 0) is 16.0 Å². The van der Waals surface area contributed by atoms with Crippen LogP contribution >= 0.6 is 0 Å². The Morgan fingerprint density at radius 1 is 1.33 bits per heavy atom. The van der Waals surface area contributed by atoms with Crippen LogP contribution in [0.4, 0.5) is 10.2 Å². The molecule has 2 aromatic rings. The zero-order valence-corrected chi connectivity index (χ0v) is 13.2. The molecule has 1 aliphatic heterocycles. The minimum Gasteiger partial charge on any atom is -0.382 e. The van der Waals surface area contributed by atoms with Crippen LogP contribution in [0.1, 0.15) is 23.8 Å². The molecule has 7 heteroatoms. The number of ether oxygens (including phenoxy) is 1. The molecule has 1 amide bonds. The molecular weight excluding hydrogens is 311 g/mol. The molecular formula is C17H19FN4O2. The number of carbonyl (C=O) groups excluding carboxylic acids is 1. The maximum Gasteiger partial charge on any atom is 0.223 e. The van der Waals surface area contributed by atoms with Crippen molar-refractivity contribution in [3.05, 3.63) is 53.7 Å². The lowest BCUT2D eigenvalue weighted by atomic mass is 10.1. The van der Waals surface area contributed by atoms with E-state index >= 15 is 0 Å². The maximum absolute atomic E-state index is 13.6. The number of halogens is 1. The van der Waals surface area contributed by atoms with Crippen LogP contribution in [0, 0.1) is 5.82 Å². The molecule has 1 fully saturated rings. The van der Waals surface area contributed by atoms with Gasteiger partial charge in [-0.1, -0.05) is 18.2 Å². The number of nitrogen functional groups attached to an aromatic ring is 1. The van der Waals surface area contributed by atoms with Gasteiger partial charge in [0.1, 0.15) is 23.4 Å². The summed E-state index contributed by atoms with van der Waals surface area (Å²) in [5, 5.41) is 0. The normalized spacial score (nSPS) is 17.7. The molecule has 1 saturated heterocycles. The zero-order valence-electron chi connectivity index (χ0n) is 13.2. The van der Waals surface area contributed by atoms with Crippen molar-refractivity contribution in [3.63, 3.8) is 0 Å². The van der Waals surface area contributed by atoms with Gasteiger partial charge in [0.05, 0.1) is 13.2 Å². The van der Waals surface area contributed by atoms with Crippen molar-refractivity contribution in [1.82, 2.24) is 14.9 Å². The highest BCUT2D eigenvalue weighted by Crippen LogP contribution is 2.24. The molecule has 0 bridgehead atoms. The molecule has 24 heavy (non-hydrogen) atoms. The molecule has 0 saturated carbocycles. The number of carbonyl (C=O) groups is 1. The van der Waals surface area contributed by atoms with E-state index < -0.39 is 0 Å². The first-order chi connectivity index (χ1) is 11.6. The summed E-state index contributed by atoms with van der Waals surface area (Å²) in [6.45, 7) is 1.29. The summed E-state index contributed by atoms with van der Waals surface area (Å²) in [5.41, 5.74) is 6.92. The van der Waals surface area contributed by atoms with Gasteiger partial charge in [-0.3, -0.25) is 9.78 Å². The average Bonchev–Trinajstić information content (AvgIpc) is 2.61. The molecule has 0 radical (unpaired) electrons. The van der Waals surface area contributed by atoms with Gasteiger partial charge in [0.15, 0.2) is 0 Å². The molecule has 2 heterocycles. The number of morpholine rings is 1. The molecule has 0 unspecified atom stereocenters. The third-order valence-electron chi connectivity index (χ3n) is 4.05. The highest BCUT2D eigenvalue weighted by atomic mass is 19.1. The lowest BCUT2D eigenvalue weighted by molar-refractivity contribution is -0.139. The number of rotatable bonds is 4. The number of amides is 1. The van der Waals surface area contributed by atoms with E-state index in [0.29, 0.717) is 43.2 Å². The van der Waals surface area contributed by atoms with E-state index in [4.69, 9.17) is 10.5 Å². The van der Waals surface area contributed by atoms with Crippen molar-refractivity contribution >= 4 is 11.7 Å². The summed E-state index contributed by atoms with van der Waals surface area (Å²) in [6.07, 6.45) is 3.31. The monoisotopic (exact) mass is 330 g/mol. The number of hydrogen-bond acceptors (Lipinski definition) is 5. The summed E-state index contributed by atoms with van der Waals surface area (Å²) < 4.78 is 19.3. The van der Waals surface area contributed by atoms with E-state index in [9.17, 15) is 9.18 Å². The van der Waals surface area contributed by atoms with Gasteiger partial charge in [-0.2, -0.15) is 0 Å². The Hall–Kier alpha value is -2.54. The van der Waals surface area contributed by atoms with Crippen molar-refractivity contribution in [3.8, 4) is 0 Å². The number of nitrogens with zero attached hydrogens (tertiary/aromatic N) is 3. The zero-order chi connectivity index (χ0) is 16.9. The minimum atomic E-state index is -0.384. The third kappa shape index (κ3) is 3.68. The van der Waals surface area contributed by atoms with E-state index in [1.54, 1.807) is 29.3 Å². The molecule has 1 atom stereocenters. The Morgan fingerprint density at radius 2 is 2.12 bits per heavy atom. The van der Waals surface area contributed by atoms with Gasteiger partial charge in [-0.05, 0) is 18.1 Å². The molecule has 1 aromatic heterocycles. The van der Waals surface area contributed by atoms with Crippen LogP contribution in [0.2, 0.25) is 0 Å². The number of benzene rings is 1. The fraction of sp³-hybridized carbons (Fsp3) is 0.353. The molecule has 2 N–H and O–H groups in total.